The van der Waals surface area contributed by atoms with Gasteiger partial charge in [-0.15, -0.1) is 0 Å². The fourth-order valence-electron chi connectivity index (χ4n) is 5.46. The number of imidazole rings is 1. The van der Waals surface area contributed by atoms with Crippen molar-refractivity contribution < 1.29 is 19.4 Å². The summed E-state index contributed by atoms with van der Waals surface area (Å²) in [6.45, 7) is 5.73. The van der Waals surface area contributed by atoms with Crippen molar-refractivity contribution in [1.29, 1.82) is 0 Å². The second-order valence-electron chi connectivity index (χ2n) is 10.5. The molecule has 0 spiro atoms. The molecule has 3 heterocycles. The normalized spacial score (nSPS) is 17.5. The van der Waals surface area contributed by atoms with E-state index in [9.17, 15) is 9.90 Å². The molecule has 0 radical (unpaired) electrons. The number of methoxy groups -OCH3 is 2. The van der Waals surface area contributed by atoms with Gasteiger partial charge in [0, 0.05) is 52.8 Å². The number of benzene rings is 1. The molecule has 12 heteroatoms. The van der Waals surface area contributed by atoms with Crippen LogP contribution in [-0.2, 0) is 0 Å². The van der Waals surface area contributed by atoms with Crippen molar-refractivity contribution in [3.8, 4) is 22.6 Å². The lowest BCUT2D eigenvalue weighted by Crippen LogP contribution is -2.55. The van der Waals surface area contributed by atoms with Crippen LogP contribution in [0.4, 0.5) is 10.7 Å². The molecule has 0 bridgehead atoms. The minimum Gasteiger partial charge on any atom is -0.495 e. The topological polar surface area (TPSA) is 114 Å². The van der Waals surface area contributed by atoms with Gasteiger partial charge < -0.3 is 19.9 Å². The van der Waals surface area contributed by atoms with Gasteiger partial charge >= 0.3 is 6.09 Å². The van der Waals surface area contributed by atoms with Crippen molar-refractivity contribution in [3.63, 3.8) is 0 Å². The minimum atomic E-state index is -0.931. The van der Waals surface area contributed by atoms with E-state index >= 15 is 0 Å². The average Bonchev–Trinajstić information content (AvgIpc) is 3.54. The van der Waals surface area contributed by atoms with Crippen molar-refractivity contribution in [2.75, 3.05) is 19.5 Å². The quantitative estimate of drug-likeness (QED) is 0.273. The van der Waals surface area contributed by atoms with Gasteiger partial charge in [-0.1, -0.05) is 23.2 Å². The zero-order chi connectivity index (χ0) is 28.1. The van der Waals surface area contributed by atoms with Crippen LogP contribution in [-0.4, -0.2) is 67.3 Å². The second-order valence-corrected chi connectivity index (χ2v) is 11.3. The molecular formula is C27H30Cl2N6O4. The number of carbonyl (C=O) groups is 1. The highest BCUT2D eigenvalue weighted by Gasteiger charge is 2.40. The van der Waals surface area contributed by atoms with Crippen LogP contribution in [0.1, 0.15) is 40.0 Å². The highest BCUT2D eigenvalue weighted by molar-refractivity contribution is 6.41. The number of pyridine rings is 1. The molecule has 3 aromatic heterocycles. The molecule has 1 amide bonds. The Kier molecular flexibility index (Phi) is 7.11. The lowest BCUT2D eigenvalue weighted by atomic mass is 10.0. The first-order valence-corrected chi connectivity index (χ1v) is 13.3. The molecule has 2 N–H and O–H groups in total. The summed E-state index contributed by atoms with van der Waals surface area (Å²) in [4.78, 5) is 27.6. The Labute approximate surface area is 235 Å². The summed E-state index contributed by atoms with van der Waals surface area (Å²) in [5.74, 6) is 1.26. The van der Waals surface area contributed by atoms with Crippen LogP contribution in [0.2, 0.25) is 10.0 Å². The Morgan fingerprint density at radius 1 is 1.10 bits per heavy atom. The van der Waals surface area contributed by atoms with E-state index in [1.165, 1.54) is 19.1 Å². The largest absolute Gasteiger partial charge is 0.495 e. The van der Waals surface area contributed by atoms with Gasteiger partial charge in [-0.25, -0.2) is 14.8 Å². The highest BCUT2D eigenvalue weighted by atomic mass is 35.5. The molecule has 206 valence electrons. The molecule has 0 saturated heterocycles. The number of hydrogen-bond acceptors (Lipinski definition) is 7. The van der Waals surface area contributed by atoms with Crippen LogP contribution < -0.4 is 14.8 Å². The standard InChI is InChI=1S/C27H30Cl2N6O4/c1-27(2,3)35(26(36)37)17-8-6-7-16(17)32-25-31-13-14-11-15(24-30-9-10-34(24)23(14)33-25)20-21(28)18(38-4)12-19(39-5)22(20)29/h9-13,16-17H,6-8H2,1-5H3,(H,36,37)(H,31,32,33). The predicted molar refractivity (Wildman–Crippen MR) is 152 cm³/mol. The first kappa shape index (κ1) is 27.1. The van der Waals surface area contributed by atoms with Gasteiger partial charge in [0.2, 0.25) is 5.95 Å². The number of hydrogen-bond donors (Lipinski definition) is 2. The summed E-state index contributed by atoms with van der Waals surface area (Å²) in [5, 5.41) is 14.7. The Morgan fingerprint density at radius 3 is 2.41 bits per heavy atom. The maximum Gasteiger partial charge on any atom is 0.408 e. The maximum atomic E-state index is 12.1. The van der Waals surface area contributed by atoms with Crippen molar-refractivity contribution >= 4 is 51.9 Å². The molecule has 2 atom stereocenters. The molecule has 2 unspecified atom stereocenters. The highest BCUT2D eigenvalue weighted by Crippen LogP contribution is 2.47. The van der Waals surface area contributed by atoms with Crippen molar-refractivity contribution in [3.05, 3.63) is 40.8 Å². The predicted octanol–water partition coefficient (Wildman–Crippen LogP) is 6.38. The Hall–Kier alpha value is -3.50. The molecule has 4 aromatic rings. The van der Waals surface area contributed by atoms with Crippen molar-refractivity contribution in [2.45, 2.75) is 57.7 Å². The SMILES string of the molecule is COc1cc(OC)c(Cl)c(-c2cc3cnc(NC4CCCC4N(C(=O)O)C(C)(C)C)nc3n3ccnc23)c1Cl. The third kappa shape index (κ3) is 4.76. The number of nitrogens with one attached hydrogen (secondary N) is 1. The number of fused-ring (bicyclic) bond motifs is 3. The van der Waals surface area contributed by atoms with E-state index in [1.807, 2.05) is 31.2 Å². The van der Waals surface area contributed by atoms with E-state index in [1.54, 1.807) is 24.7 Å². The van der Waals surface area contributed by atoms with Gasteiger partial charge in [0.15, 0.2) is 5.65 Å². The maximum absolute atomic E-state index is 12.1. The molecule has 1 aliphatic rings. The fraction of sp³-hybridized carbons (Fsp3) is 0.407. The number of rotatable bonds is 6. The van der Waals surface area contributed by atoms with Crippen LogP contribution >= 0.6 is 23.2 Å². The summed E-state index contributed by atoms with van der Waals surface area (Å²) in [6.07, 6.45) is 6.77. The van der Waals surface area contributed by atoms with E-state index in [0.717, 1.165) is 24.6 Å². The Morgan fingerprint density at radius 2 is 1.79 bits per heavy atom. The zero-order valence-corrected chi connectivity index (χ0v) is 23.8. The fourth-order valence-corrected chi connectivity index (χ4v) is 6.16. The molecule has 5 rings (SSSR count). The lowest BCUT2D eigenvalue weighted by molar-refractivity contribution is 0.0689. The molecule has 1 aliphatic carbocycles. The first-order valence-electron chi connectivity index (χ1n) is 12.6. The number of amides is 1. The third-order valence-electron chi connectivity index (χ3n) is 7.10. The van der Waals surface area contributed by atoms with E-state index < -0.39 is 11.6 Å². The third-order valence-corrected chi connectivity index (χ3v) is 7.85. The Bertz CT molecular complexity index is 1540. The first-order chi connectivity index (χ1) is 18.5. The van der Waals surface area contributed by atoms with Gasteiger partial charge in [-0.05, 0) is 46.1 Å². The lowest BCUT2D eigenvalue weighted by Gasteiger charge is -2.40. The molecular weight excluding hydrogens is 543 g/mol. The van der Waals surface area contributed by atoms with Crippen molar-refractivity contribution in [2.24, 2.45) is 0 Å². The number of anilines is 1. The van der Waals surface area contributed by atoms with Crippen LogP contribution in [0.3, 0.4) is 0 Å². The van der Waals surface area contributed by atoms with E-state index in [-0.39, 0.29) is 12.1 Å². The van der Waals surface area contributed by atoms with E-state index in [0.29, 0.717) is 49.9 Å². The summed E-state index contributed by atoms with van der Waals surface area (Å²) in [6, 6.07) is 3.22. The summed E-state index contributed by atoms with van der Waals surface area (Å²) < 4.78 is 12.8. The van der Waals surface area contributed by atoms with Gasteiger partial charge in [-0.2, -0.15) is 4.98 Å². The number of ether oxygens (including phenoxy) is 2. The number of aromatic nitrogens is 4. The molecule has 39 heavy (non-hydrogen) atoms. The van der Waals surface area contributed by atoms with Gasteiger partial charge in [0.1, 0.15) is 17.1 Å². The van der Waals surface area contributed by atoms with Gasteiger partial charge in [0.05, 0.1) is 30.3 Å². The molecule has 0 aliphatic heterocycles. The van der Waals surface area contributed by atoms with Gasteiger partial charge in [-0.3, -0.25) is 9.30 Å². The second kappa shape index (κ2) is 10.2. The van der Waals surface area contributed by atoms with Crippen LogP contribution in [0.15, 0.2) is 30.7 Å². The molecule has 10 nitrogen and oxygen atoms in total. The molecule has 1 fully saturated rings. The van der Waals surface area contributed by atoms with Crippen LogP contribution in [0, 0.1) is 0 Å². The minimum absolute atomic E-state index is 0.114. The van der Waals surface area contributed by atoms with E-state index in [2.05, 4.69) is 15.3 Å². The smallest absolute Gasteiger partial charge is 0.408 e. The number of nitrogens with zero attached hydrogens (tertiary/aromatic N) is 5. The Balaban J connectivity index is 1.58. The number of halogens is 2. The average molecular weight is 573 g/mol. The van der Waals surface area contributed by atoms with E-state index in [4.69, 9.17) is 37.7 Å². The zero-order valence-electron chi connectivity index (χ0n) is 22.3. The summed E-state index contributed by atoms with van der Waals surface area (Å²) >= 11 is 13.4. The molecule has 1 saturated carbocycles. The van der Waals surface area contributed by atoms with Crippen LogP contribution in [0.25, 0.3) is 27.8 Å². The summed E-state index contributed by atoms with van der Waals surface area (Å²) in [5.41, 5.74) is 1.89. The van der Waals surface area contributed by atoms with Gasteiger partial charge in [0.25, 0.3) is 0 Å². The molecule has 1 aromatic carbocycles. The monoisotopic (exact) mass is 572 g/mol. The van der Waals surface area contributed by atoms with Crippen LogP contribution in [0.5, 0.6) is 11.5 Å². The van der Waals surface area contributed by atoms with Crippen molar-refractivity contribution in [1.82, 2.24) is 24.3 Å². The summed E-state index contributed by atoms with van der Waals surface area (Å²) in [7, 11) is 3.05. The number of carboxylic acid groups (broad SMARTS) is 1.